The lowest BCUT2D eigenvalue weighted by Gasteiger charge is -2.44. The van der Waals surface area contributed by atoms with Gasteiger partial charge in [-0.3, -0.25) is 9.69 Å². The van der Waals surface area contributed by atoms with E-state index >= 15 is 0 Å². The maximum Gasteiger partial charge on any atom is 0.227 e. The van der Waals surface area contributed by atoms with E-state index in [1.54, 1.807) is 18.9 Å². The van der Waals surface area contributed by atoms with E-state index < -0.39 is 0 Å². The fourth-order valence-corrected chi connectivity index (χ4v) is 5.14. The molecule has 0 spiro atoms. The van der Waals surface area contributed by atoms with Crippen LogP contribution in [0.3, 0.4) is 0 Å². The van der Waals surface area contributed by atoms with Crippen molar-refractivity contribution < 1.29 is 9.53 Å². The van der Waals surface area contributed by atoms with Crippen molar-refractivity contribution in [1.82, 2.24) is 9.80 Å². The highest BCUT2D eigenvalue weighted by Crippen LogP contribution is 2.29. The third-order valence-corrected chi connectivity index (χ3v) is 7.26. The zero-order chi connectivity index (χ0) is 21.6. The monoisotopic (exact) mass is 439 g/mol. The first-order valence-corrected chi connectivity index (χ1v) is 12.4. The van der Waals surface area contributed by atoms with E-state index in [4.69, 9.17) is 4.74 Å². The normalized spacial score (nSPS) is 20.0. The van der Waals surface area contributed by atoms with Crippen LogP contribution in [0.1, 0.15) is 18.4 Å². The van der Waals surface area contributed by atoms with Gasteiger partial charge in [0.15, 0.2) is 0 Å². The molecule has 1 unspecified atom stereocenters. The molecule has 1 amide bonds. The van der Waals surface area contributed by atoms with Crippen LogP contribution in [0.4, 0.5) is 5.69 Å². The van der Waals surface area contributed by atoms with Crippen LogP contribution >= 0.6 is 11.8 Å². The quantitative estimate of drug-likeness (QED) is 0.641. The topological polar surface area (TPSA) is 36.0 Å². The summed E-state index contributed by atoms with van der Waals surface area (Å²) in [6, 6.07) is 17.1. The largest absolute Gasteiger partial charge is 0.495 e. The predicted molar refractivity (Wildman–Crippen MR) is 128 cm³/mol. The van der Waals surface area contributed by atoms with Crippen molar-refractivity contribution in [3.8, 4) is 5.75 Å². The first kappa shape index (κ1) is 22.0. The van der Waals surface area contributed by atoms with Crippen LogP contribution < -0.4 is 9.64 Å². The van der Waals surface area contributed by atoms with Crippen LogP contribution in [0.25, 0.3) is 0 Å². The Morgan fingerprint density at radius 2 is 1.77 bits per heavy atom. The Kier molecular flexibility index (Phi) is 7.41. The van der Waals surface area contributed by atoms with Gasteiger partial charge in [-0.25, -0.2) is 0 Å². The van der Waals surface area contributed by atoms with Gasteiger partial charge in [-0.1, -0.05) is 24.3 Å². The van der Waals surface area contributed by atoms with Gasteiger partial charge >= 0.3 is 0 Å². The Morgan fingerprint density at radius 3 is 2.48 bits per heavy atom. The molecule has 2 aromatic carbocycles. The second-order valence-corrected chi connectivity index (χ2v) is 9.24. The molecule has 0 saturated carbocycles. The molecule has 2 aromatic rings. The average Bonchev–Trinajstić information content (AvgIpc) is 2.84. The number of hydrogen-bond donors (Lipinski definition) is 0. The van der Waals surface area contributed by atoms with Gasteiger partial charge in [0.1, 0.15) is 5.75 Å². The van der Waals surface area contributed by atoms with Crippen molar-refractivity contribution in [2.24, 2.45) is 0 Å². The highest BCUT2D eigenvalue weighted by Gasteiger charge is 2.30. The van der Waals surface area contributed by atoms with Gasteiger partial charge in [-0.2, -0.15) is 0 Å². The number of methoxy groups -OCH3 is 1. The minimum atomic E-state index is 0.259. The van der Waals surface area contributed by atoms with Gasteiger partial charge in [0.2, 0.25) is 5.91 Å². The summed E-state index contributed by atoms with van der Waals surface area (Å²) in [6.45, 7) is 5.79. The third kappa shape index (κ3) is 5.36. The zero-order valence-corrected chi connectivity index (χ0v) is 19.4. The molecule has 1 atom stereocenters. The highest BCUT2D eigenvalue weighted by molar-refractivity contribution is 7.98. The maximum absolute atomic E-state index is 12.9. The number of piperazine rings is 1. The molecule has 2 heterocycles. The number of rotatable bonds is 6. The van der Waals surface area contributed by atoms with Crippen LogP contribution in [0.15, 0.2) is 53.4 Å². The minimum Gasteiger partial charge on any atom is -0.495 e. The number of anilines is 1. The van der Waals surface area contributed by atoms with Crippen LogP contribution in [0.5, 0.6) is 5.75 Å². The number of benzene rings is 2. The molecule has 2 saturated heterocycles. The Balaban J connectivity index is 1.31. The van der Waals surface area contributed by atoms with Crippen LogP contribution in [-0.2, 0) is 11.2 Å². The van der Waals surface area contributed by atoms with Gasteiger partial charge in [0, 0.05) is 50.2 Å². The fraction of sp³-hybridized carbons (Fsp3) is 0.480. The number of carbonyl (C=O) groups is 1. The van der Waals surface area contributed by atoms with E-state index in [1.165, 1.54) is 17.0 Å². The van der Waals surface area contributed by atoms with Crippen molar-refractivity contribution in [3.63, 3.8) is 0 Å². The van der Waals surface area contributed by atoms with E-state index in [9.17, 15) is 4.79 Å². The van der Waals surface area contributed by atoms with Gasteiger partial charge in [-0.05, 0) is 48.9 Å². The van der Waals surface area contributed by atoms with Gasteiger partial charge in [0.05, 0.1) is 19.2 Å². The van der Waals surface area contributed by atoms with Gasteiger partial charge < -0.3 is 14.5 Å². The molecule has 5 nitrogen and oxygen atoms in total. The lowest BCUT2D eigenvalue weighted by atomic mass is 10.0. The van der Waals surface area contributed by atoms with E-state index in [-0.39, 0.29) is 5.91 Å². The molecule has 0 bridgehead atoms. The van der Waals surface area contributed by atoms with E-state index in [0.717, 1.165) is 57.0 Å². The molecule has 166 valence electrons. The number of ether oxygens (including phenoxy) is 1. The smallest absolute Gasteiger partial charge is 0.227 e. The molecule has 4 rings (SSSR count). The minimum absolute atomic E-state index is 0.259. The second-order valence-electron chi connectivity index (χ2n) is 8.36. The van der Waals surface area contributed by atoms with Crippen LogP contribution in [-0.4, -0.2) is 74.4 Å². The summed E-state index contributed by atoms with van der Waals surface area (Å²) in [6.07, 6.45) is 4.85. The average molecular weight is 440 g/mol. The number of likely N-dealkylation sites (tertiary alicyclic amines) is 1. The molecule has 6 heteroatoms. The van der Waals surface area contributed by atoms with Crippen molar-refractivity contribution in [2.45, 2.75) is 30.2 Å². The summed E-state index contributed by atoms with van der Waals surface area (Å²) in [5.41, 5.74) is 2.29. The molecule has 0 aliphatic carbocycles. The molecule has 2 aliphatic rings. The number of nitrogens with zero attached hydrogens (tertiary/aromatic N) is 3. The van der Waals surface area contributed by atoms with Gasteiger partial charge in [0.25, 0.3) is 0 Å². The van der Waals surface area contributed by atoms with Gasteiger partial charge in [-0.15, -0.1) is 11.8 Å². The summed E-state index contributed by atoms with van der Waals surface area (Å²) in [5, 5.41) is 0. The number of thioether (sulfide) groups is 1. The molecule has 2 fully saturated rings. The lowest BCUT2D eigenvalue weighted by molar-refractivity contribution is -0.132. The van der Waals surface area contributed by atoms with E-state index in [1.807, 2.05) is 12.1 Å². The number of para-hydroxylation sites is 2. The molecular formula is C25H33N3O2S. The maximum atomic E-state index is 12.9. The number of hydrogen-bond acceptors (Lipinski definition) is 5. The number of piperidine rings is 1. The first-order valence-electron chi connectivity index (χ1n) is 11.2. The van der Waals surface area contributed by atoms with Crippen molar-refractivity contribution in [1.29, 1.82) is 0 Å². The molecule has 0 N–H and O–H groups in total. The number of carbonyl (C=O) groups excluding carboxylic acids is 1. The van der Waals surface area contributed by atoms with Crippen molar-refractivity contribution in [3.05, 3.63) is 54.1 Å². The summed E-state index contributed by atoms with van der Waals surface area (Å²) >= 11 is 1.73. The Morgan fingerprint density at radius 1 is 1.03 bits per heavy atom. The molecule has 0 radical (unpaired) electrons. The summed E-state index contributed by atoms with van der Waals surface area (Å²) in [7, 11) is 1.74. The summed E-state index contributed by atoms with van der Waals surface area (Å²) in [4.78, 5) is 21.3. The Bertz CT molecular complexity index is 865. The van der Waals surface area contributed by atoms with E-state index in [2.05, 4.69) is 57.4 Å². The van der Waals surface area contributed by atoms with Crippen molar-refractivity contribution >= 4 is 23.4 Å². The summed E-state index contributed by atoms with van der Waals surface area (Å²) < 4.78 is 5.54. The zero-order valence-electron chi connectivity index (χ0n) is 18.6. The molecule has 2 aliphatic heterocycles. The Hall–Kier alpha value is -2.18. The standard InChI is InChI=1S/C25H33N3O2S/c1-30-24-8-4-3-7-23(24)27-16-14-26(15-17-27)21-6-5-13-28(19-21)25(29)18-20-9-11-22(31-2)12-10-20/h3-4,7-12,21H,5-6,13-19H2,1-2H3. The SMILES string of the molecule is COc1ccccc1N1CCN(C2CCCN(C(=O)Cc3ccc(SC)cc3)C2)CC1. The molecular weight excluding hydrogens is 406 g/mol. The van der Waals surface area contributed by atoms with E-state index in [0.29, 0.717) is 12.5 Å². The Labute approximate surface area is 190 Å². The second kappa shape index (κ2) is 10.4. The summed E-state index contributed by atoms with van der Waals surface area (Å²) in [5.74, 6) is 1.20. The van der Waals surface area contributed by atoms with Crippen LogP contribution in [0.2, 0.25) is 0 Å². The van der Waals surface area contributed by atoms with Crippen molar-refractivity contribution in [2.75, 3.05) is 57.5 Å². The fourth-order valence-electron chi connectivity index (χ4n) is 4.73. The predicted octanol–water partition coefficient (Wildman–Crippen LogP) is 3.77. The van der Waals surface area contributed by atoms with Crippen LogP contribution in [0, 0.1) is 0 Å². The lowest BCUT2D eigenvalue weighted by Crippen LogP contribution is -2.56. The molecule has 0 aromatic heterocycles. The third-order valence-electron chi connectivity index (χ3n) is 6.52. The first-order chi connectivity index (χ1) is 15.2. The molecule has 31 heavy (non-hydrogen) atoms. The number of amides is 1. The highest BCUT2D eigenvalue weighted by atomic mass is 32.2.